The van der Waals surface area contributed by atoms with Crippen LogP contribution in [0.4, 0.5) is 17.1 Å². The molecule has 0 heterocycles. The van der Waals surface area contributed by atoms with E-state index in [2.05, 4.69) is 207 Å². The number of anilines is 3. The minimum Gasteiger partial charge on any atom is -0.311 e. The molecule has 1 nitrogen and oxygen atoms in total. The topological polar surface area (TPSA) is 3.24 Å². The van der Waals surface area contributed by atoms with Gasteiger partial charge in [0.15, 0.2) is 0 Å². The van der Waals surface area contributed by atoms with E-state index in [0.29, 0.717) is 0 Å². The van der Waals surface area contributed by atoms with Crippen LogP contribution in [0.25, 0.3) is 55.3 Å². The van der Waals surface area contributed by atoms with Crippen molar-refractivity contribution in [3.8, 4) is 44.5 Å². The molecule has 0 bridgehead atoms. The van der Waals surface area contributed by atoms with Gasteiger partial charge in [-0.05, 0) is 103 Å². The van der Waals surface area contributed by atoms with Gasteiger partial charge in [0.2, 0.25) is 0 Å². The van der Waals surface area contributed by atoms with Gasteiger partial charge in [0.25, 0.3) is 0 Å². The summed E-state index contributed by atoms with van der Waals surface area (Å²) < 4.78 is 0. The van der Waals surface area contributed by atoms with Crippen LogP contribution >= 0.6 is 0 Å². The van der Waals surface area contributed by atoms with Crippen LogP contribution in [0.3, 0.4) is 0 Å². The van der Waals surface area contributed by atoms with Gasteiger partial charge < -0.3 is 4.90 Å². The maximum absolute atomic E-state index is 2.36. The number of hydrogen-bond acceptors (Lipinski definition) is 1. The first-order chi connectivity index (χ1) is 24.6. The summed E-state index contributed by atoms with van der Waals surface area (Å²) in [5, 5.41) is 2.61. The van der Waals surface area contributed by atoms with Gasteiger partial charge >= 0.3 is 0 Å². The number of fused-ring (bicyclic) bond motifs is 5. The van der Waals surface area contributed by atoms with Gasteiger partial charge in [0.05, 0.1) is 0 Å². The Morgan fingerprint density at radius 1 is 0.340 bits per heavy atom. The van der Waals surface area contributed by atoms with E-state index in [9.17, 15) is 0 Å². The highest BCUT2D eigenvalue weighted by Gasteiger charge is 2.36. The molecule has 0 atom stereocenters. The second kappa shape index (κ2) is 12.1. The molecule has 1 aliphatic rings. The summed E-state index contributed by atoms with van der Waals surface area (Å²) >= 11 is 0. The third-order valence-electron chi connectivity index (χ3n) is 10.5. The molecule has 238 valence electrons. The monoisotopic (exact) mass is 639 g/mol. The number of nitrogens with zero attached hydrogens (tertiary/aromatic N) is 1. The molecule has 0 fully saturated rings. The molecule has 0 amide bonds. The van der Waals surface area contributed by atoms with Crippen LogP contribution < -0.4 is 4.90 Å². The van der Waals surface area contributed by atoms with E-state index in [1.807, 2.05) is 0 Å². The molecule has 0 aromatic heterocycles. The van der Waals surface area contributed by atoms with Crippen LogP contribution in [0.1, 0.15) is 25.0 Å². The highest BCUT2D eigenvalue weighted by Crippen LogP contribution is 2.52. The molecule has 9 rings (SSSR count). The third kappa shape index (κ3) is 5.02. The van der Waals surface area contributed by atoms with E-state index in [-0.39, 0.29) is 5.41 Å². The summed E-state index contributed by atoms with van der Waals surface area (Å²) in [5.41, 5.74) is 16.2. The Kier molecular flexibility index (Phi) is 7.21. The van der Waals surface area contributed by atoms with Crippen LogP contribution in [-0.4, -0.2) is 0 Å². The second-order valence-corrected chi connectivity index (χ2v) is 13.8. The summed E-state index contributed by atoms with van der Waals surface area (Å²) in [6.07, 6.45) is 0. The predicted octanol–water partition coefficient (Wildman–Crippen LogP) is 13.6. The lowest BCUT2D eigenvalue weighted by Gasteiger charge is -2.26. The SMILES string of the molecule is CC1(C)c2ccccc2-c2c1ccc1cccc(-c3ccc(N(c4ccc(-c5ccccc5)cc4)c4ccc(-c5ccccc5)cc4)cc3)c21. The van der Waals surface area contributed by atoms with Crippen molar-refractivity contribution < 1.29 is 0 Å². The standard InChI is InChI=1S/C49H37N/c1-49(2)45-19-10-9-17-44(45)48-46(49)33-26-39-16-11-18-43(47(39)48)38-24-31-42(32-25-38)50(40-27-20-36(21-28-40)34-12-5-3-6-13-34)41-29-22-37(23-30-41)35-14-7-4-8-15-35/h3-33H,1-2H3. The Morgan fingerprint density at radius 3 is 1.36 bits per heavy atom. The maximum atomic E-state index is 2.36. The molecule has 0 aliphatic heterocycles. The Hall–Kier alpha value is -6.18. The lowest BCUT2D eigenvalue weighted by Crippen LogP contribution is -2.14. The molecule has 0 unspecified atom stereocenters. The van der Waals surface area contributed by atoms with Gasteiger partial charge in [-0.15, -0.1) is 0 Å². The zero-order valence-corrected chi connectivity index (χ0v) is 28.3. The molecule has 0 saturated heterocycles. The Bertz CT molecular complexity index is 2370. The van der Waals surface area contributed by atoms with Crippen LogP contribution in [0.5, 0.6) is 0 Å². The minimum absolute atomic E-state index is 0.0380. The van der Waals surface area contributed by atoms with E-state index in [1.54, 1.807) is 0 Å². The molecule has 8 aromatic rings. The van der Waals surface area contributed by atoms with Crippen LogP contribution in [0.15, 0.2) is 188 Å². The van der Waals surface area contributed by atoms with Crippen LogP contribution in [-0.2, 0) is 5.41 Å². The van der Waals surface area contributed by atoms with E-state index >= 15 is 0 Å². The first kappa shape index (κ1) is 29.9. The van der Waals surface area contributed by atoms with Crippen molar-refractivity contribution >= 4 is 27.8 Å². The average Bonchev–Trinajstić information content (AvgIpc) is 3.42. The molecular formula is C49H37N. The zero-order valence-electron chi connectivity index (χ0n) is 28.3. The number of rotatable bonds is 6. The summed E-state index contributed by atoms with van der Waals surface area (Å²) in [7, 11) is 0. The molecular weight excluding hydrogens is 603 g/mol. The zero-order chi connectivity index (χ0) is 33.7. The first-order valence-electron chi connectivity index (χ1n) is 17.4. The van der Waals surface area contributed by atoms with Crippen molar-refractivity contribution in [2.75, 3.05) is 4.90 Å². The highest BCUT2D eigenvalue weighted by molar-refractivity contribution is 6.10. The number of benzene rings is 8. The minimum atomic E-state index is -0.0380. The van der Waals surface area contributed by atoms with E-state index in [1.165, 1.54) is 66.4 Å². The fraction of sp³-hybridized carbons (Fsp3) is 0.0612. The molecule has 0 spiro atoms. The normalized spacial score (nSPS) is 12.8. The van der Waals surface area contributed by atoms with Crippen LogP contribution in [0, 0.1) is 0 Å². The Morgan fingerprint density at radius 2 is 0.800 bits per heavy atom. The molecule has 1 heteroatoms. The second-order valence-electron chi connectivity index (χ2n) is 13.8. The fourth-order valence-corrected chi connectivity index (χ4v) is 7.92. The molecule has 0 radical (unpaired) electrons. The van der Waals surface area contributed by atoms with Crippen molar-refractivity contribution in [3.05, 3.63) is 199 Å². The van der Waals surface area contributed by atoms with E-state index < -0.39 is 0 Å². The van der Waals surface area contributed by atoms with Gasteiger partial charge in [-0.25, -0.2) is 0 Å². The van der Waals surface area contributed by atoms with Gasteiger partial charge in [-0.3, -0.25) is 0 Å². The predicted molar refractivity (Wildman–Crippen MR) is 213 cm³/mol. The van der Waals surface area contributed by atoms with Gasteiger partial charge in [0, 0.05) is 22.5 Å². The molecule has 1 aliphatic carbocycles. The molecule has 0 saturated carbocycles. The van der Waals surface area contributed by atoms with Gasteiger partial charge in [-0.1, -0.05) is 166 Å². The molecule has 0 N–H and O–H groups in total. The average molecular weight is 640 g/mol. The van der Waals surface area contributed by atoms with Crippen molar-refractivity contribution in [2.45, 2.75) is 19.3 Å². The summed E-state index contributed by atoms with van der Waals surface area (Å²) in [4.78, 5) is 2.35. The molecule has 50 heavy (non-hydrogen) atoms. The maximum Gasteiger partial charge on any atom is 0.0462 e. The quantitative estimate of drug-likeness (QED) is 0.175. The van der Waals surface area contributed by atoms with Crippen molar-refractivity contribution in [1.82, 2.24) is 0 Å². The molecule has 8 aromatic carbocycles. The van der Waals surface area contributed by atoms with Crippen molar-refractivity contribution in [2.24, 2.45) is 0 Å². The summed E-state index contributed by atoms with van der Waals surface area (Å²) in [5.74, 6) is 0. The largest absolute Gasteiger partial charge is 0.311 e. The Balaban J connectivity index is 1.15. The smallest absolute Gasteiger partial charge is 0.0462 e. The Labute approximate surface area is 294 Å². The number of hydrogen-bond donors (Lipinski definition) is 0. The highest BCUT2D eigenvalue weighted by atomic mass is 15.1. The lowest BCUT2D eigenvalue weighted by atomic mass is 9.81. The lowest BCUT2D eigenvalue weighted by molar-refractivity contribution is 0.661. The fourth-order valence-electron chi connectivity index (χ4n) is 7.92. The third-order valence-corrected chi connectivity index (χ3v) is 10.5. The van der Waals surface area contributed by atoms with Crippen molar-refractivity contribution in [1.29, 1.82) is 0 Å². The van der Waals surface area contributed by atoms with E-state index in [4.69, 9.17) is 0 Å². The summed E-state index contributed by atoms with van der Waals surface area (Å²) in [6, 6.07) is 68.4. The van der Waals surface area contributed by atoms with Gasteiger partial charge in [0.1, 0.15) is 0 Å². The van der Waals surface area contributed by atoms with Gasteiger partial charge in [-0.2, -0.15) is 0 Å². The van der Waals surface area contributed by atoms with Crippen LogP contribution in [0.2, 0.25) is 0 Å². The van der Waals surface area contributed by atoms with E-state index in [0.717, 1.165) is 17.1 Å². The first-order valence-corrected chi connectivity index (χ1v) is 17.4. The van der Waals surface area contributed by atoms with Crippen molar-refractivity contribution in [3.63, 3.8) is 0 Å². The summed E-state index contributed by atoms with van der Waals surface area (Å²) in [6.45, 7) is 4.71.